The van der Waals surface area contributed by atoms with Crippen molar-refractivity contribution in [3.8, 4) is 5.75 Å². The Kier molecular flexibility index (Phi) is 11.7. The molecule has 3 rings (SSSR count). The molecule has 0 radical (unpaired) electrons. The molecule has 2 aromatic rings. The lowest BCUT2D eigenvalue weighted by molar-refractivity contribution is 0.179. The van der Waals surface area contributed by atoms with Crippen molar-refractivity contribution in [3.05, 3.63) is 45.9 Å². The maximum absolute atomic E-state index is 5.51. The van der Waals surface area contributed by atoms with Crippen molar-refractivity contribution in [2.45, 2.75) is 46.2 Å². The molecule has 0 atom stereocenters. The van der Waals surface area contributed by atoms with E-state index in [4.69, 9.17) is 14.7 Å². The van der Waals surface area contributed by atoms with Crippen LogP contribution in [0.25, 0.3) is 0 Å². The van der Waals surface area contributed by atoms with Gasteiger partial charge in [0.1, 0.15) is 5.75 Å². The summed E-state index contributed by atoms with van der Waals surface area (Å²) in [7, 11) is 3.82. The first-order valence-electron chi connectivity index (χ1n) is 11.4. The van der Waals surface area contributed by atoms with Gasteiger partial charge in [-0.05, 0) is 51.3 Å². The molecule has 1 aromatic carbocycles. The first-order valence-corrected chi connectivity index (χ1v) is 12.3. The number of likely N-dealkylation sites (tertiary alicyclic amines) is 1. The number of nitrogens with zero attached hydrogens (tertiary/aromatic N) is 4. The van der Waals surface area contributed by atoms with Gasteiger partial charge >= 0.3 is 0 Å². The van der Waals surface area contributed by atoms with E-state index in [2.05, 4.69) is 53.5 Å². The summed E-state index contributed by atoms with van der Waals surface area (Å²) < 4.78 is 5.51. The van der Waals surface area contributed by atoms with Crippen LogP contribution in [0.4, 0.5) is 0 Å². The zero-order chi connectivity index (χ0) is 22.1. The third-order valence-corrected chi connectivity index (χ3v) is 6.83. The average molecular weight is 572 g/mol. The van der Waals surface area contributed by atoms with Gasteiger partial charge in [-0.15, -0.1) is 35.3 Å². The average Bonchev–Trinajstić information content (AvgIpc) is 3.25. The summed E-state index contributed by atoms with van der Waals surface area (Å²) in [4.78, 5) is 14.4. The van der Waals surface area contributed by atoms with Crippen LogP contribution in [0.1, 0.15) is 43.0 Å². The molecule has 32 heavy (non-hydrogen) atoms. The number of halogens is 1. The largest absolute Gasteiger partial charge is 0.496 e. The van der Waals surface area contributed by atoms with Gasteiger partial charge < -0.3 is 15.0 Å². The number of methoxy groups -OCH3 is 1. The van der Waals surface area contributed by atoms with Gasteiger partial charge in [0.2, 0.25) is 0 Å². The fourth-order valence-corrected chi connectivity index (χ4v) is 4.73. The molecule has 1 saturated heterocycles. The molecular weight excluding hydrogens is 533 g/mol. The lowest BCUT2D eigenvalue weighted by atomic mass is 9.97. The smallest absolute Gasteiger partial charge is 0.193 e. The van der Waals surface area contributed by atoms with E-state index in [1.165, 1.54) is 29.1 Å². The van der Waals surface area contributed by atoms with Gasteiger partial charge in [0.05, 0.1) is 17.8 Å². The number of benzene rings is 1. The second-order valence-electron chi connectivity index (χ2n) is 8.17. The van der Waals surface area contributed by atoms with Gasteiger partial charge in [-0.1, -0.05) is 25.1 Å². The SMILES string of the molecule is CCNC(=NCC1CCN(Cc2csc(CC)n2)CC1)N(C)Cc1ccccc1OC.I. The van der Waals surface area contributed by atoms with E-state index in [0.717, 1.165) is 57.4 Å². The van der Waals surface area contributed by atoms with Gasteiger partial charge in [-0.2, -0.15) is 0 Å². The normalized spacial score (nSPS) is 15.3. The lowest BCUT2D eigenvalue weighted by Crippen LogP contribution is -2.39. The number of aryl methyl sites for hydroxylation is 1. The van der Waals surface area contributed by atoms with Crippen molar-refractivity contribution in [2.75, 3.05) is 40.3 Å². The zero-order valence-corrected chi connectivity index (χ0v) is 23.0. The number of nitrogens with one attached hydrogen (secondary N) is 1. The van der Waals surface area contributed by atoms with E-state index in [-0.39, 0.29) is 24.0 Å². The minimum absolute atomic E-state index is 0. The second-order valence-corrected chi connectivity index (χ2v) is 9.11. The van der Waals surface area contributed by atoms with Gasteiger partial charge in [0.15, 0.2) is 5.96 Å². The van der Waals surface area contributed by atoms with E-state index in [1.807, 2.05) is 12.1 Å². The Labute approximate surface area is 214 Å². The molecule has 8 heteroatoms. The van der Waals surface area contributed by atoms with E-state index in [0.29, 0.717) is 5.92 Å². The Morgan fingerprint density at radius 3 is 2.69 bits per heavy atom. The van der Waals surface area contributed by atoms with Crippen LogP contribution < -0.4 is 10.1 Å². The molecule has 1 aliphatic heterocycles. The molecule has 1 fully saturated rings. The Hall–Kier alpha value is -1.39. The topological polar surface area (TPSA) is 53.0 Å². The Morgan fingerprint density at radius 2 is 2.03 bits per heavy atom. The van der Waals surface area contributed by atoms with E-state index in [9.17, 15) is 0 Å². The highest BCUT2D eigenvalue weighted by atomic mass is 127. The molecule has 6 nitrogen and oxygen atoms in total. The van der Waals surface area contributed by atoms with Crippen LogP contribution in [0.5, 0.6) is 5.75 Å². The molecule has 178 valence electrons. The van der Waals surface area contributed by atoms with E-state index >= 15 is 0 Å². The van der Waals surface area contributed by atoms with Crippen LogP contribution in [0.3, 0.4) is 0 Å². The Balaban J connectivity index is 0.00000363. The van der Waals surface area contributed by atoms with E-state index in [1.54, 1.807) is 18.4 Å². The molecule has 1 N–H and O–H groups in total. The van der Waals surface area contributed by atoms with Crippen molar-refractivity contribution in [1.29, 1.82) is 0 Å². The van der Waals surface area contributed by atoms with Gasteiger partial charge in [-0.3, -0.25) is 9.89 Å². The zero-order valence-electron chi connectivity index (χ0n) is 19.8. The van der Waals surface area contributed by atoms with Gasteiger partial charge in [0, 0.05) is 44.2 Å². The van der Waals surface area contributed by atoms with Crippen LogP contribution in [-0.4, -0.2) is 61.1 Å². The second kappa shape index (κ2) is 14.0. The summed E-state index contributed by atoms with van der Waals surface area (Å²) in [5.74, 6) is 2.53. The van der Waals surface area contributed by atoms with Crippen LogP contribution in [0.2, 0.25) is 0 Å². The summed E-state index contributed by atoms with van der Waals surface area (Å²) in [5.41, 5.74) is 2.39. The van der Waals surface area contributed by atoms with Crippen LogP contribution in [0.15, 0.2) is 34.6 Å². The number of hydrogen-bond donors (Lipinski definition) is 1. The quantitative estimate of drug-likeness (QED) is 0.270. The molecule has 0 spiro atoms. The molecule has 0 saturated carbocycles. The molecule has 1 aromatic heterocycles. The van der Waals surface area contributed by atoms with Crippen molar-refractivity contribution >= 4 is 41.3 Å². The molecule has 0 unspecified atom stereocenters. The predicted molar refractivity (Wildman–Crippen MR) is 145 cm³/mol. The number of piperidine rings is 1. The molecule has 0 amide bonds. The summed E-state index contributed by atoms with van der Waals surface area (Å²) in [6.45, 7) is 10.0. The van der Waals surface area contributed by atoms with Crippen LogP contribution in [0, 0.1) is 5.92 Å². The lowest BCUT2D eigenvalue weighted by Gasteiger charge is -2.31. The van der Waals surface area contributed by atoms with Gasteiger partial charge in [0.25, 0.3) is 0 Å². The maximum atomic E-state index is 5.51. The van der Waals surface area contributed by atoms with Crippen LogP contribution >= 0.6 is 35.3 Å². The molecule has 0 bridgehead atoms. The summed E-state index contributed by atoms with van der Waals surface area (Å²) >= 11 is 1.78. The fourth-order valence-electron chi connectivity index (χ4n) is 3.99. The highest BCUT2D eigenvalue weighted by Gasteiger charge is 2.20. The molecule has 0 aliphatic carbocycles. The number of thiazole rings is 1. The molecule has 2 heterocycles. The molecular formula is C24H38IN5OS. The van der Waals surface area contributed by atoms with Crippen molar-refractivity contribution < 1.29 is 4.74 Å². The third-order valence-electron chi connectivity index (χ3n) is 5.79. The van der Waals surface area contributed by atoms with Crippen LogP contribution in [-0.2, 0) is 19.5 Å². The first kappa shape index (κ1) is 26.9. The number of guanidine groups is 1. The van der Waals surface area contributed by atoms with Crippen molar-refractivity contribution in [3.63, 3.8) is 0 Å². The summed E-state index contributed by atoms with van der Waals surface area (Å²) in [5, 5.41) is 6.91. The predicted octanol–water partition coefficient (Wildman–Crippen LogP) is 4.64. The number of rotatable bonds is 9. The number of para-hydroxylation sites is 1. The van der Waals surface area contributed by atoms with Crippen molar-refractivity contribution in [1.82, 2.24) is 20.1 Å². The summed E-state index contributed by atoms with van der Waals surface area (Å²) in [6.07, 6.45) is 3.43. The highest BCUT2D eigenvalue weighted by molar-refractivity contribution is 14.0. The minimum atomic E-state index is 0. The fraction of sp³-hybridized carbons (Fsp3) is 0.583. The Morgan fingerprint density at radius 1 is 1.28 bits per heavy atom. The van der Waals surface area contributed by atoms with Gasteiger partial charge in [-0.25, -0.2) is 4.98 Å². The number of aromatic nitrogens is 1. The number of hydrogen-bond acceptors (Lipinski definition) is 5. The minimum Gasteiger partial charge on any atom is -0.496 e. The first-order chi connectivity index (χ1) is 15.1. The standard InChI is InChI=1S/C24H37N5OS.HI/c1-5-23-27-21(18-31-23)17-29-13-11-19(12-14-29)15-26-24(25-6-2)28(3)16-20-9-7-8-10-22(20)30-4;/h7-10,18-19H,5-6,11-17H2,1-4H3,(H,25,26);1H. The monoisotopic (exact) mass is 571 g/mol. The summed E-state index contributed by atoms with van der Waals surface area (Å²) in [6, 6.07) is 8.18. The number of ether oxygens (including phenoxy) is 1. The van der Waals surface area contributed by atoms with Crippen molar-refractivity contribution in [2.24, 2.45) is 10.9 Å². The highest BCUT2D eigenvalue weighted by Crippen LogP contribution is 2.21. The molecule has 1 aliphatic rings. The maximum Gasteiger partial charge on any atom is 0.193 e. The number of aliphatic imine (C=N–C) groups is 1. The Bertz CT molecular complexity index is 835. The van der Waals surface area contributed by atoms with E-state index < -0.39 is 0 Å². The third kappa shape index (κ3) is 7.88.